The van der Waals surface area contributed by atoms with Crippen LogP contribution in [0.5, 0.6) is 0 Å². The quantitative estimate of drug-likeness (QED) is 0.141. The van der Waals surface area contributed by atoms with Crippen molar-refractivity contribution in [3.8, 4) is 85.7 Å². The van der Waals surface area contributed by atoms with Crippen LogP contribution in [0.1, 0.15) is 0 Å². The van der Waals surface area contributed by atoms with Gasteiger partial charge in [-0.2, -0.15) is 9.97 Å². The van der Waals surface area contributed by atoms with E-state index in [-0.39, 0.29) is 0 Å². The zero-order valence-corrected chi connectivity index (χ0v) is 77.3. The molecule has 0 atom stereocenters. The van der Waals surface area contributed by atoms with Crippen molar-refractivity contribution in [1.29, 1.82) is 0 Å². The molecule has 33 rings (SSSR count). The highest BCUT2D eigenvalue weighted by Crippen LogP contribution is 2.54. The largest absolute Gasteiger partial charge is 0.308 e. The van der Waals surface area contributed by atoms with Gasteiger partial charge < -0.3 is 13.2 Å². The Labute approximate surface area is 820 Å². The zero-order chi connectivity index (χ0) is 94.0. The van der Waals surface area contributed by atoms with Gasteiger partial charge in [0.05, 0.1) is 106 Å². The van der Waals surface area contributed by atoms with Gasteiger partial charge >= 0.3 is 0 Å². The van der Waals surface area contributed by atoms with E-state index in [2.05, 4.69) is 433 Å². The van der Waals surface area contributed by atoms with Crippen LogP contribution in [-0.2, 0) is 0 Å². The van der Waals surface area contributed by atoms with Gasteiger partial charge in [-0.05, 0) is 110 Å². The molecule has 12 aromatic heterocycles. The minimum Gasteiger partial charge on any atom is -0.308 e. The van der Waals surface area contributed by atoms with Gasteiger partial charge in [0.1, 0.15) is 0 Å². The lowest BCUT2D eigenvalue weighted by Crippen LogP contribution is -2.06. The monoisotopic (exact) mass is 1830 g/mol. The third-order valence-electron chi connectivity index (χ3n) is 30.0. The summed E-state index contributed by atoms with van der Waals surface area (Å²) in [6.45, 7) is 0. The fourth-order valence-electron chi connectivity index (χ4n) is 24.1. The van der Waals surface area contributed by atoms with E-state index in [9.17, 15) is 0 Å². The lowest BCUT2D eigenvalue weighted by atomic mass is 9.98. The molecule has 21 aromatic carbocycles. The summed E-state index contributed by atoms with van der Waals surface area (Å²) >= 11 is 0. The number of hydrogen-bond acceptors (Lipinski definition) is 7. The summed E-state index contributed by atoms with van der Waals surface area (Å²) in [5, 5.41) is 29.5. The van der Waals surface area contributed by atoms with Crippen LogP contribution in [0.25, 0.3) is 298 Å². The van der Waals surface area contributed by atoms with Crippen LogP contribution in [0.3, 0.4) is 0 Å². The molecule has 0 spiro atoms. The minimum absolute atomic E-state index is 0.598. The van der Waals surface area contributed by atoms with E-state index < -0.39 is 0 Å². The number of benzene rings is 21. The topological polar surface area (TPSA) is 118 Å². The van der Waals surface area contributed by atoms with Crippen LogP contribution < -0.4 is 0 Å². The molecule has 0 aliphatic rings. The van der Waals surface area contributed by atoms with E-state index >= 15 is 0 Å². The van der Waals surface area contributed by atoms with Crippen LogP contribution in [0.2, 0.25) is 0 Å². The number of aromatic nitrogens is 13. The van der Waals surface area contributed by atoms with Gasteiger partial charge in [-0.15, -0.1) is 0 Å². The number of nitrogens with zero attached hydrogens (tertiary/aromatic N) is 13. The van der Waals surface area contributed by atoms with Crippen molar-refractivity contribution in [3.05, 3.63) is 467 Å². The second-order valence-corrected chi connectivity index (χ2v) is 37.6. The molecule has 13 heteroatoms. The van der Waals surface area contributed by atoms with Crippen molar-refractivity contribution in [3.63, 3.8) is 0 Å². The van der Waals surface area contributed by atoms with Crippen LogP contribution in [0, 0.1) is 0 Å². The number of fused-ring (bicyclic) bond motifs is 26. The fraction of sp³-hybridized carbons (Fsp3) is 0. The molecule has 33 aromatic rings. The Morgan fingerprint density at radius 3 is 0.819 bits per heavy atom. The predicted octanol–water partition coefficient (Wildman–Crippen LogP) is 33.0. The van der Waals surface area contributed by atoms with Crippen molar-refractivity contribution in [2.24, 2.45) is 0 Å². The van der Waals surface area contributed by atoms with Crippen molar-refractivity contribution < 1.29 is 0 Å². The highest BCUT2D eigenvalue weighted by atomic mass is 15.2. The first kappa shape index (κ1) is 79.4. The van der Waals surface area contributed by atoms with Gasteiger partial charge in [0.25, 0.3) is 0 Å². The van der Waals surface area contributed by atoms with Gasteiger partial charge in [0, 0.05) is 125 Å². The van der Waals surface area contributed by atoms with Gasteiger partial charge in [0.15, 0.2) is 11.6 Å². The normalized spacial score (nSPS) is 12.2. The summed E-state index contributed by atoms with van der Waals surface area (Å²) in [6.07, 6.45) is 0. The Balaban J connectivity index is 0.0000000986. The lowest BCUT2D eigenvalue weighted by Gasteiger charge is -2.13. The minimum atomic E-state index is 0.598. The van der Waals surface area contributed by atoms with Crippen LogP contribution in [-0.4, -0.2) is 61.8 Å². The van der Waals surface area contributed by atoms with E-state index in [4.69, 9.17) is 34.9 Å². The molecular weight excluding hydrogens is 1760 g/mol. The first-order chi connectivity index (χ1) is 71.5. The molecule has 12 heterocycles. The fourth-order valence-corrected chi connectivity index (χ4v) is 24.1. The van der Waals surface area contributed by atoms with Crippen LogP contribution in [0.4, 0.5) is 0 Å². The van der Waals surface area contributed by atoms with Crippen molar-refractivity contribution >= 4 is 212 Å². The van der Waals surface area contributed by atoms with Gasteiger partial charge in [-0.1, -0.05) is 394 Å². The van der Waals surface area contributed by atoms with Gasteiger partial charge in [-0.3, -0.25) is 13.7 Å². The molecule has 0 aliphatic heterocycles. The molecule has 0 bridgehead atoms. The first-order valence-electron chi connectivity index (χ1n) is 48.9. The van der Waals surface area contributed by atoms with Gasteiger partial charge in [0.2, 0.25) is 17.8 Å². The molecule has 0 aliphatic carbocycles. The summed E-state index contributed by atoms with van der Waals surface area (Å²) in [5.74, 6) is 3.20. The second kappa shape index (κ2) is 30.9. The standard InChI is InChI=1S/2C44H26N4.C43H25N5/c1-3-14-27(15-4-1)34-26-35(28-16-5-2-6-17-28)46-44(45-34)48-38-25-13-22-30-29-18-9-11-23-36(29)47-37-24-12-10-21-33(37)39-31-19-7-8-20-32(31)42(48)41(40(30)38)43(39)47;1-3-13-28(14-4-1)34-26-35(29-15-5-2-6-16-29)46-44(45-34)48-37-21-11-19-32-31-18-9-10-20-36(31)47-38-24-22-27-12-7-8-17-30(27)40(38)33-23-25-39(48)42(41(32)37)43(33)47;1-3-14-26(15-4-1)41-44-42(27-16-5-2-6-17-27)46-43(45-41)48-35-25-13-22-29-28-18-9-11-23-33(28)47-34-24-12-10-21-32(34)36-30-19-7-8-20-31(30)39(48)38(37(29)35)40(36)47/h2*1-26H;1-25H. The highest BCUT2D eigenvalue weighted by molar-refractivity contribution is 6.43. The van der Waals surface area contributed by atoms with E-state index in [0.717, 1.165) is 89.3 Å². The Morgan fingerprint density at radius 2 is 0.410 bits per heavy atom. The highest BCUT2D eigenvalue weighted by Gasteiger charge is 2.33. The predicted molar refractivity (Wildman–Crippen MR) is 596 cm³/mol. The molecule has 0 N–H and O–H groups in total. The van der Waals surface area contributed by atoms with Crippen LogP contribution >= 0.6 is 0 Å². The molecule has 0 unspecified atom stereocenters. The maximum atomic E-state index is 5.36. The lowest BCUT2D eigenvalue weighted by molar-refractivity contribution is 0.955. The van der Waals surface area contributed by atoms with Crippen molar-refractivity contribution in [2.45, 2.75) is 0 Å². The Bertz CT molecular complexity index is 10500. The molecule has 666 valence electrons. The molecule has 0 saturated carbocycles. The summed E-state index contributed by atoms with van der Waals surface area (Å²) in [5.41, 5.74) is 27.1. The molecule has 0 amide bonds. The molecule has 0 saturated heterocycles. The zero-order valence-electron chi connectivity index (χ0n) is 77.3. The first-order valence-corrected chi connectivity index (χ1v) is 48.9. The average Bonchev–Trinajstić information content (AvgIpc) is 1.51. The number of hydrogen-bond donors (Lipinski definition) is 0. The second-order valence-electron chi connectivity index (χ2n) is 37.6. The third-order valence-corrected chi connectivity index (χ3v) is 30.0. The van der Waals surface area contributed by atoms with E-state index in [0.29, 0.717) is 29.5 Å². The average molecular weight is 1830 g/mol. The van der Waals surface area contributed by atoms with Crippen LogP contribution in [0.15, 0.2) is 467 Å². The molecule has 0 fully saturated rings. The Kier molecular flexibility index (Phi) is 17.1. The van der Waals surface area contributed by atoms with E-state index in [1.165, 1.54) is 179 Å². The number of rotatable bonds is 9. The van der Waals surface area contributed by atoms with E-state index in [1.54, 1.807) is 0 Å². The maximum Gasteiger partial charge on any atom is 0.238 e. The summed E-state index contributed by atoms with van der Waals surface area (Å²) in [6, 6.07) is 166. The third kappa shape index (κ3) is 11.5. The van der Waals surface area contributed by atoms with E-state index in [1.807, 2.05) is 60.7 Å². The molecule has 13 nitrogen and oxygen atoms in total. The molecule has 144 heavy (non-hydrogen) atoms. The summed E-state index contributed by atoms with van der Waals surface area (Å²) < 4.78 is 14.4. The number of para-hydroxylation sites is 5. The Hall–Kier alpha value is -19.6. The van der Waals surface area contributed by atoms with Gasteiger partial charge in [-0.25, -0.2) is 24.9 Å². The molecular formula is C131H77N13. The Morgan fingerprint density at radius 1 is 0.132 bits per heavy atom. The van der Waals surface area contributed by atoms with Crippen molar-refractivity contribution in [2.75, 3.05) is 0 Å². The summed E-state index contributed by atoms with van der Waals surface area (Å²) in [7, 11) is 0. The smallest absolute Gasteiger partial charge is 0.238 e. The maximum absolute atomic E-state index is 5.36. The summed E-state index contributed by atoms with van der Waals surface area (Å²) in [4.78, 5) is 36.8. The molecule has 0 radical (unpaired) electrons. The van der Waals surface area contributed by atoms with Crippen molar-refractivity contribution in [1.82, 2.24) is 61.8 Å². The SMILES string of the molecule is c1ccc(-c2cc(-c3ccccc3)nc(-n3c4cccc5c6ccccc6n6c7ccc8ccccc8c7c7ccc3c(c54)c76)n2)cc1.c1ccc(-c2cc(-c3ccccc3)nc(-n3c4cccc5c6ccccc6n6c7ccccc7c7c8ccccc8c3c(c54)c76)n2)cc1.c1ccc(-c2nc(-c3ccccc3)nc(-n3c4cccc5c6ccccc6n6c7ccccc7c7c8ccccc8c3c(c54)c76)n2)cc1.